The number of amides is 2. The van der Waals surface area contributed by atoms with Crippen molar-refractivity contribution in [2.24, 2.45) is 5.92 Å². The Hall–Kier alpha value is -2.48. The maximum Gasteiger partial charge on any atom is 0.270 e. The van der Waals surface area contributed by atoms with Crippen LogP contribution in [0.1, 0.15) is 42.5 Å². The Morgan fingerprint density at radius 1 is 1.08 bits per heavy atom. The van der Waals surface area contributed by atoms with E-state index in [1.54, 1.807) is 11.0 Å². The van der Waals surface area contributed by atoms with Gasteiger partial charge in [0.1, 0.15) is 0 Å². The minimum atomic E-state index is -0.506. The molecule has 2 heterocycles. The van der Waals surface area contributed by atoms with E-state index in [1.165, 1.54) is 24.6 Å². The van der Waals surface area contributed by atoms with Crippen LogP contribution in [0.3, 0.4) is 0 Å². The summed E-state index contributed by atoms with van der Waals surface area (Å²) in [7, 11) is 0. The lowest BCUT2D eigenvalue weighted by Gasteiger charge is -2.33. The predicted molar refractivity (Wildman–Crippen MR) is 95.3 cm³/mol. The maximum absolute atomic E-state index is 12.6. The van der Waals surface area contributed by atoms with Crippen LogP contribution >= 0.6 is 0 Å². The normalized spacial score (nSPS) is 19.2. The molecule has 1 aromatic carbocycles. The van der Waals surface area contributed by atoms with Gasteiger partial charge in [-0.1, -0.05) is 12.5 Å². The Bertz CT molecular complexity index is 680. The molecule has 2 saturated heterocycles. The minimum absolute atomic E-state index is 0.0364. The zero-order chi connectivity index (χ0) is 18.5. The number of hydrazine groups is 1. The van der Waals surface area contributed by atoms with Crippen LogP contribution in [0.2, 0.25) is 0 Å². The van der Waals surface area contributed by atoms with Crippen LogP contribution in [0.15, 0.2) is 24.3 Å². The summed E-state index contributed by atoms with van der Waals surface area (Å²) in [6.07, 6.45) is 4.65. The molecular formula is C18H24N4O4. The molecular weight excluding hydrogens is 336 g/mol. The molecule has 2 aliphatic heterocycles. The van der Waals surface area contributed by atoms with Gasteiger partial charge in [-0.25, -0.2) is 5.01 Å². The van der Waals surface area contributed by atoms with Gasteiger partial charge in [0.15, 0.2) is 0 Å². The average molecular weight is 360 g/mol. The monoisotopic (exact) mass is 360 g/mol. The summed E-state index contributed by atoms with van der Waals surface area (Å²) in [5.41, 5.74) is 3.22. The number of nitro groups is 1. The zero-order valence-electron chi connectivity index (χ0n) is 14.7. The molecule has 0 spiro atoms. The number of non-ortho nitro benzene ring substituents is 1. The Morgan fingerprint density at radius 3 is 2.42 bits per heavy atom. The van der Waals surface area contributed by atoms with E-state index in [9.17, 15) is 19.7 Å². The lowest BCUT2D eigenvalue weighted by Crippen LogP contribution is -2.49. The van der Waals surface area contributed by atoms with Crippen molar-refractivity contribution in [3.63, 3.8) is 0 Å². The number of hydrogen-bond donors (Lipinski definition) is 1. The number of nitro benzene ring substituents is 1. The molecule has 26 heavy (non-hydrogen) atoms. The summed E-state index contributed by atoms with van der Waals surface area (Å²) < 4.78 is 0. The third-order valence-corrected chi connectivity index (χ3v) is 5.08. The lowest BCUT2D eigenvalue weighted by molar-refractivity contribution is -0.384. The van der Waals surface area contributed by atoms with Gasteiger partial charge >= 0.3 is 0 Å². The molecule has 1 aromatic rings. The second-order valence-corrected chi connectivity index (χ2v) is 6.90. The number of carbonyl (C=O) groups is 2. The van der Waals surface area contributed by atoms with Gasteiger partial charge in [0.25, 0.3) is 11.6 Å². The van der Waals surface area contributed by atoms with E-state index in [-0.39, 0.29) is 23.4 Å². The molecule has 2 amide bonds. The van der Waals surface area contributed by atoms with Crippen LogP contribution in [-0.4, -0.2) is 52.8 Å². The molecule has 8 heteroatoms. The third kappa shape index (κ3) is 4.37. The fraction of sp³-hybridized carbons (Fsp3) is 0.556. The first kappa shape index (κ1) is 18.3. The quantitative estimate of drug-likeness (QED) is 0.654. The van der Waals surface area contributed by atoms with Crippen molar-refractivity contribution >= 4 is 17.5 Å². The lowest BCUT2D eigenvalue weighted by atomic mass is 9.95. The van der Waals surface area contributed by atoms with Crippen LogP contribution in [0.4, 0.5) is 5.69 Å². The second-order valence-electron chi connectivity index (χ2n) is 6.90. The zero-order valence-corrected chi connectivity index (χ0v) is 14.7. The molecule has 0 radical (unpaired) electrons. The molecule has 0 atom stereocenters. The van der Waals surface area contributed by atoms with E-state index in [2.05, 4.69) is 5.43 Å². The number of likely N-dealkylation sites (tertiary alicyclic amines) is 1. The molecule has 0 aliphatic carbocycles. The van der Waals surface area contributed by atoms with E-state index in [1.807, 2.05) is 5.01 Å². The molecule has 8 nitrogen and oxygen atoms in total. The van der Waals surface area contributed by atoms with Crippen molar-refractivity contribution in [3.05, 3.63) is 39.9 Å². The predicted octanol–water partition coefficient (Wildman–Crippen LogP) is 1.96. The Kier molecular flexibility index (Phi) is 5.82. The van der Waals surface area contributed by atoms with E-state index >= 15 is 0 Å². The second kappa shape index (κ2) is 8.27. The summed E-state index contributed by atoms with van der Waals surface area (Å²) in [5.74, 6) is -0.274. The van der Waals surface area contributed by atoms with E-state index in [0.29, 0.717) is 31.5 Å². The van der Waals surface area contributed by atoms with Gasteiger partial charge in [-0.2, -0.15) is 0 Å². The summed E-state index contributed by atoms with van der Waals surface area (Å²) in [5, 5.41) is 12.9. The Balaban J connectivity index is 1.52. The van der Waals surface area contributed by atoms with Gasteiger partial charge in [-0.15, -0.1) is 0 Å². The van der Waals surface area contributed by atoms with Crippen LogP contribution in [0, 0.1) is 16.0 Å². The highest BCUT2D eigenvalue weighted by Crippen LogP contribution is 2.21. The molecule has 0 unspecified atom stereocenters. The molecule has 0 aromatic heterocycles. The van der Waals surface area contributed by atoms with Gasteiger partial charge in [-0.3, -0.25) is 25.1 Å². The number of hydrogen-bond acceptors (Lipinski definition) is 5. The van der Waals surface area contributed by atoms with Crippen molar-refractivity contribution in [2.75, 3.05) is 26.2 Å². The summed E-state index contributed by atoms with van der Waals surface area (Å²) in [6.45, 7) is 2.77. The SMILES string of the molecule is O=C(NN1CCCCC1)C1CCN(C(=O)c2cccc([N+](=O)[O-])c2)CC1. The number of piperidine rings is 2. The minimum Gasteiger partial charge on any atom is -0.339 e. The number of rotatable bonds is 4. The van der Waals surface area contributed by atoms with Crippen LogP contribution in [0.25, 0.3) is 0 Å². The highest BCUT2D eigenvalue weighted by molar-refractivity contribution is 5.95. The summed E-state index contributed by atoms with van der Waals surface area (Å²) in [6, 6.07) is 5.78. The molecule has 3 rings (SSSR count). The van der Waals surface area contributed by atoms with E-state index < -0.39 is 4.92 Å². The maximum atomic E-state index is 12.6. The van der Waals surface area contributed by atoms with Crippen molar-refractivity contribution in [2.45, 2.75) is 32.1 Å². The molecule has 2 fully saturated rings. The third-order valence-electron chi connectivity index (χ3n) is 5.08. The standard InChI is InChI=1S/C18H24N4O4/c23-17(19-21-9-2-1-3-10-21)14-7-11-20(12-8-14)18(24)15-5-4-6-16(13-15)22(25)26/h4-6,13-14H,1-3,7-12H2,(H,19,23). The fourth-order valence-corrected chi connectivity index (χ4v) is 3.53. The van der Waals surface area contributed by atoms with Gasteiger partial charge in [0.05, 0.1) is 4.92 Å². The molecule has 1 N–H and O–H groups in total. The number of nitrogens with zero attached hydrogens (tertiary/aromatic N) is 3. The first-order valence-corrected chi connectivity index (χ1v) is 9.14. The first-order valence-electron chi connectivity index (χ1n) is 9.14. The fourth-order valence-electron chi connectivity index (χ4n) is 3.53. The van der Waals surface area contributed by atoms with E-state index in [0.717, 1.165) is 25.9 Å². The van der Waals surface area contributed by atoms with Crippen LogP contribution in [-0.2, 0) is 4.79 Å². The molecule has 2 aliphatic rings. The first-order chi connectivity index (χ1) is 12.5. The number of benzene rings is 1. The smallest absolute Gasteiger partial charge is 0.270 e. The average Bonchev–Trinajstić information content (AvgIpc) is 2.68. The highest BCUT2D eigenvalue weighted by Gasteiger charge is 2.29. The van der Waals surface area contributed by atoms with Crippen molar-refractivity contribution in [1.29, 1.82) is 0 Å². The molecule has 0 bridgehead atoms. The van der Waals surface area contributed by atoms with Crippen molar-refractivity contribution < 1.29 is 14.5 Å². The Morgan fingerprint density at radius 2 is 1.77 bits per heavy atom. The van der Waals surface area contributed by atoms with Gasteiger partial charge in [-0.05, 0) is 31.7 Å². The summed E-state index contributed by atoms with van der Waals surface area (Å²) in [4.78, 5) is 37.0. The number of carbonyl (C=O) groups excluding carboxylic acids is 2. The van der Waals surface area contributed by atoms with Gasteiger partial charge in [0.2, 0.25) is 5.91 Å². The van der Waals surface area contributed by atoms with Crippen LogP contribution in [0.5, 0.6) is 0 Å². The topological polar surface area (TPSA) is 95.8 Å². The molecule has 140 valence electrons. The van der Waals surface area contributed by atoms with Crippen molar-refractivity contribution in [1.82, 2.24) is 15.3 Å². The largest absolute Gasteiger partial charge is 0.339 e. The van der Waals surface area contributed by atoms with E-state index in [4.69, 9.17) is 0 Å². The van der Waals surface area contributed by atoms with Crippen molar-refractivity contribution in [3.8, 4) is 0 Å². The van der Waals surface area contributed by atoms with Gasteiger partial charge < -0.3 is 4.90 Å². The highest BCUT2D eigenvalue weighted by atomic mass is 16.6. The van der Waals surface area contributed by atoms with Crippen LogP contribution < -0.4 is 5.43 Å². The number of nitrogens with one attached hydrogen (secondary N) is 1. The van der Waals surface area contributed by atoms with Gasteiger partial charge in [0, 0.05) is 49.8 Å². The summed E-state index contributed by atoms with van der Waals surface area (Å²) >= 11 is 0. The molecule has 0 saturated carbocycles. The Labute approximate surface area is 152 Å².